The number of ether oxygens (including phenoxy) is 3. The van der Waals surface area contributed by atoms with Crippen LogP contribution in [0.5, 0.6) is 11.5 Å². The van der Waals surface area contributed by atoms with E-state index in [9.17, 15) is 9.18 Å². The zero-order chi connectivity index (χ0) is 21.8. The summed E-state index contributed by atoms with van der Waals surface area (Å²) >= 11 is 5.91. The summed E-state index contributed by atoms with van der Waals surface area (Å²) in [7, 11) is 1.52. The molecule has 0 spiro atoms. The maximum Gasteiger partial charge on any atom is 0.343 e. The Balaban J connectivity index is 1.54. The highest BCUT2D eigenvalue weighted by Gasteiger charge is 2.22. The lowest BCUT2D eigenvalue weighted by Gasteiger charge is -2.12. The van der Waals surface area contributed by atoms with Crippen molar-refractivity contribution >= 4 is 29.4 Å². The standard InChI is InChI=1S/C25H18ClFO4/c1-29-24-13-16(6-11-22(24)30-15-18-4-2-3-5-21(18)27)12-19-14-23(31-25(19)28)17-7-9-20(26)10-8-17/h2-14H,15H2,1H3. The first-order valence-corrected chi connectivity index (χ1v) is 9.87. The third kappa shape index (κ3) is 4.78. The third-order valence-corrected chi connectivity index (χ3v) is 4.96. The van der Waals surface area contributed by atoms with Crippen molar-refractivity contribution in [2.24, 2.45) is 0 Å². The SMILES string of the molecule is COc1cc(C=C2C=C(c3ccc(Cl)cc3)OC2=O)ccc1OCc1ccccc1F. The zero-order valence-electron chi connectivity index (χ0n) is 16.6. The Bertz CT molecular complexity index is 1180. The molecule has 0 N–H and O–H groups in total. The van der Waals surface area contributed by atoms with Crippen LogP contribution in [-0.4, -0.2) is 13.1 Å². The fourth-order valence-corrected chi connectivity index (χ4v) is 3.22. The molecule has 0 unspecified atom stereocenters. The summed E-state index contributed by atoms with van der Waals surface area (Å²) in [4.78, 5) is 12.3. The van der Waals surface area contributed by atoms with Crippen molar-refractivity contribution < 1.29 is 23.4 Å². The molecule has 0 atom stereocenters. The van der Waals surface area contributed by atoms with Gasteiger partial charge >= 0.3 is 5.97 Å². The van der Waals surface area contributed by atoms with Crippen molar-refractivity contribution in [1.82, 2.24) is 0 Å². The summed E-state index contributed by atoms with van der Waals surface area (Å²) in [6.07, 6.45) is 3.38. The number of carbonyl (C=O) groups is 1. The van der Waals surface area contributed by atoms with Gasteiger partial charge < -0.3 is 14.2 Å². The minimum atomic E-state index is -0.441. The molecular formula is C25H18ClFO4. The van der Waals surface area contributed by atoms with Gasteiger partial charge in [-0.1, -0.05) is 35.9 Å². The van der Waals surface area contributed by atoms with Gasteiger partial charge in [0.25, 0.3) is 0 Å². The quantitative estimate of drug-likeness (QED) is 0.348. The lowest BCUT2D eigenvalue weighted by molar-refractivity contribution is -0.130. The smallest absolute Gasteiger partial charge is 0.343 e. The van der Waals surface area contributed by atoms with E-state index in [-0.39, 0.29) is 12.4 Å². The van der Waals surface area contributed by atoms with Crippen LogP contribution in [0.3, 0.4) is 0 Å². The molecular weight excluding hydrogens is 419 g/mol. The first kappa shape index (κ1) is 20.7. The average molecular weight is 437 g/mol. The van der Waals surface area contributed by atoms with E-state index in [0.29, 0.717) is 33.4 Å². The predicted octanol–water partition coefficient (Wildman–Crippen LogP) is 6.05. The molecule has 0 saturated heterocycles. The van der Waals surface area contributed by atoms with E-state index in [1.54, 1.807) is 72.8 Å². The van der Waals surface area contributed by atoms with Gasteiger partial charge in [0.2, 0.25) is 0 Å². The number of cyclic esters (lactones) is 1. The summed E-state index contributed by atoms with van der Waals surface area (Å²) in [5, 5.41) is 0.605. The Kier molecular flexibility index (Phi) is 6.05. The fourth-order valence-electron chi connectivity index (χ4n) is 3.09. The average Bonchev–Trinajstić information content (AvgIpc) is 3.14. The van der Waals surface area contributed by atoms with E-state index in [1.807, 2.05) is 0 Å². The number of halogens is 2. The highest BCUT2D eigenvalue weighted by Crippen LogP contribution is 2.32. The second-order valence-corrected chi connectivity index (χ2v) is 7.23. The van der Waals surface area contributed by atoms with Crippen molar-refractivity contribution in [3.63, 3.8) is 0 Å². The van der Waals surface area contributed by atoms with Gasteiger partial charge in [-0.3, -0.25) is 0 Å². The van der Waals surface area contributed by atoms with Crippen LogP contribution < -0.4 is 9.47 Å². The Morgan fingerprint density at radius 3 is 2.55 bits per heavy atom. The molecule has 0 amide bonds. The van der Waals surface area contributed by atoms with Crippen molar-refractivity contribution in [3.8, 4) is 11.5 Å². The predicted molar refractivity (Wildman–Crippen MR) is 117 cm³/mol. The minimum absolute atomic E-state index is 0.0724. The monoisotopic (exact) mass is 436 g/mol. The number of hydrogen-bond acceptors (Lipinski definition) is 4. The molecule has 31 heavy (non-hydrogen) atoms. The molecule has 4 nitrogen and oxygen atoms in total. The molecule has 3 aromatic carbocycles. The minimum Gasteiger partial charge on any atom is -0.493 e. The molecule has 1 aliphatic rings. The maximum atomic E-state index is 13.8. The van der Waals surface area contributed by atoms with Crippen molar-refractivity contribution in [2.75, 3.05) is 7.11 Å². The van der Waals surface area contributed by atoms with Crippen LogP contribution in [0.15, 0.2) is 78.4 Å². The van der Waals surface area contributed by atoms with E-state index >= 15 is 0 Å². The van der Waals surface area contributed by atoms with Crippen molar-refractivity contribution in [3.05, 3.63) is 106 Å². The molecule has 0 aromatic heterocycles. The molecule has 3 aromatic rings. The van der Waals surface area contributed by atoms with Crippen LogP contribution in [0, 0.1) is 5.82 Å². The largest absolute Gasteiger partial charge is 0.493 e. The summed E-state index contributed by atoms with van der Waals surface area (Å²) < 4.78 is 30.3. The van der Waals surface area contributed by atoms with E-state index in [1.165, 1.54) is 13.2 Å². The van der Waals surface area contributed by atoms with Crippen LogP contribution in [-0.2, 0) is 16.1 Å². The van der Waals surface area contributed by atoms with E-state index in [2.05, 4.69) is 0 Å². The van der Waals surface area contributed by atoms with Gasteiger partial charge in [0.15, 0.2) is 11.5 Å². The maximum absolute atomic E-state index is 13.8. The number of rotatable bonds is 6. The molecule has 1 heterocycles. The Hall–Kier alpha value is -3.57. The third-order valence-electron chi connectivity index (χ3n) is 4.70. The summed E-state index contributed by atoms with van der Waals surface area (Å²) in [6, 6.07) is 18.7. The summed E-state index contributed by atoms with van der Waals surface area (Å²) in [5.74, 6) is 0.637. The van der Waals surface area contributed by atoms with E-state index in [4.69, 9.17) is 25.8 Å². The van der Waals surface area contributed by atoms with Gasteiger partial charge in [-0.15, -0.1) is 0 Å². The number of methoxy groups -OCH3 is 1. The molecule has 0 fully saturated rings. The van der Waals surface area contributed by atoms with Gasteiger partial charge in [0.1, 0.15) is 18.2 Å². The molecule has 156 valence electrons. The first-order valence-electron chi connectivity index (χ1n) is 9.49. The topological polar surface area (TPSA) is 44.8 Å². The van der Waals surface area contributed by atoms with Crippen LogP contribution in [0.2, 0.25) is 5.02 Å². The van der Waals surface area contributed by atoms with Crippen LogP contribution in [0.4, 0.5) is 4.39 Å². The van der Waals surface area contributed by atoms with Crippen molar-refractivity contribution in [1.29, 1.82) is 0 Å². The lowest BCUT2D eigenvalue weighted by atomic mass is 10.1. The molecule has 1 aliphatic heterocycles. The first-order chi connectivity index (χ1) is 15.0. The Morgan fingerprint density at radius 1 is 1.03 bits per heavy atom. The second-order valence-electron chi connectivity index (χ2n) is 6.80. The van der Waals surface area contributed by atoms with E-state index < -0.39 is 5.97 Å². The van der Waals surface area contributed by atoms with Gasteiger partial charge in [0, 0.05) is 16.1 Å². The number of hydrogen-bond donors (Lipinski definition) is 0. The molecule has 6 heteroatoms. The Morgan fingerprint density at radius 2 is 1.81 bits per heavy atom. The molecule has 0 aliphatic carbocycles. The van der Waals surface area contributed by atoms with Gasteiger partial charge in [-0.05, 0) is 60.2 Å². The number of esters is 1. The number of benzene rings is 3. The Labute approximate surface area is 184 Å². The summed E-state index contributed by atoms with van der Waals surface area (Å²) in [6.45, 7) is 0.0724. The normalized spacial score (nSPS) is 14.4. The lowest BCUT2D eigenvalue weighted by Crippen LogP contribution is -2.00. The zero-order valence-corrected chi connectivity index (χ0v) is 17.4. The van der Waals surface area contributed by atoms with Gasteiger partial charge in [0.05, 0.1) is 12.7 Å². The van der Waals surface area contributed by atoms with Gasteiger partial charge in [-0.2, -0.15) is 0 Å². The van der Waals surface area contributed by atoms with Crippen LogP contribution >= 0.6 is 11.6 Å². The molecule has 4 rings (SSSR count). The highest BCUT2D eigenvalue weighted by atomic mass is 35.5. The second kappa shape index (κ2) is 9.06. The molecule has 0 saturated carbocycles. The summed E-state index contributed by atoms with van der Waals surface area (Å²) in [5.41, 5.74) is 2.35. The van der Waals surface area contributed by atoms with Crippen LogP contribution in [0.25, 0.3) is 11.8 Å². The molecule has 0 bridgehead atoms. The van der Waals surface area contributed by atoms with Crippen LogP contribution in [0.1, 0.15) is 16.7 Å². The highest BCUT2D eigenvalue weighted by molar-refractivity contribution is 6.30. The molecule has 0 radical (unpaired) electrons. The van der Waals surface area contributed by atoms with Crippen molar-refractivity contribution in [2.45, 2.75) is 6.61 Å². The number of carbonyl (C=O) groups excluding carboxylic acids is 1. The fraction of sp³-hybridized carbons (Fsp3) is 0.0800. The van der Waals surface area contributed by atoms with Gasteiger partial charge in [-0.25, -0.2) is 9.18 Å². The van der Waals surface area contributed by atoms with E-state index in [0.717, 1.165) is 11.1 Å².